The van der Waals surface area contributed by atoms with Crippen LogP contribution < -0.4 is 10.6 Å². The monoisotopic (exact) mass is 375 g/mol. The summed E-state index contributed by atoms with van der Waals surface area (Å²) in [7, 11) is 0. The Labute approximate surface area is 142 Å². The van der Waals surface area contributed by atoms with Crippen LogP contribution in [0.4, 0.5) is 26.3 Å². The molecule has 1 saturated heterocycles. The minimum atomic E-state index is -4.55. The number of hydrogen-bond acceptors (Lipinski definition) is 3. The van der Waals surface area contributed by atoms with Crippen molar-refractivity contribution in [3.8, 4) is 0 Å². The largest absolute Gasteiger partial charge is 0.405 e. The summed E-state index contributed by atoms with van der Waals surface area (Å²) in [5, 5.41) is 5.08. The quantitative estimate of drug-likeness (QED) is 0.742. The van der Waals surface area contributed by atoms with Gasteiger partial charge in [-0.25, -0.2) is 0 Å². The van der Waals surface area contributed by atoms with E-state index in [9.17, 15) is 31.1 Å². The van der Waals surface area contributed by atoms with Crippen LogP contribution >= 0.6 is 0 Å². The molecule has 2 rings (SSSR count). The number of amides is 1. The van der Waals surface area contributed by atoms with Crippen LogP contribution in [0, 0.1) is 11.8 Å². The molecule has 10 heteroatoms. The lowest BCUT2D eigenvalue weighted by atomic mass is 9.78. The van der Waals surface area contributed by atoms with Crippen molar-refractivity contribution < 1.29 is 31.1 Å². The Balaban J connectivity index is 1.99. The van der Waals surface area contributed by atoms with Gasteiger partial charge in [0.05, 0.1) is 5.92 Å². The van der Waals surface area contributed by atoms with Gasteiger partial charge in [-0.15, -0.1) is 0 Å². The minimum Gasteiger partial charge on any atom is -0.354 e. The van der Waals surface area contributed by atoms with Gasteiger partial charge in [-0.1, -0.05) is 12.8 Å². The summed E-state index contributed by atoms with van der Waals surface area (Å²) in [4.78, 5) is 13.4. The van der Waals surface area contributed by atoms with Crippen molar-refractivity contribution in [3.63, 3.8) is 0 Å². The van der Waals surface area contributed by atoms with Crippen LogP contribution in [-0.4, -0.2) is 61.9 Å². The van der Waals surface area contributed by atoms with Crippen LogP contribution in [0.1, 0.15) is 25.7 Å². The Bertz CT molecular complexity index is 448. The molecule has 4 nitrogen and oxygen atoms in total. The van der Waals surface area contributed by atoms with E-state index in [1.807, 2.05) is 0 Å². The molecule has 1 aliphatic carbocycles. The molecule has 0 aromatic carbocycles. The van der Waals surface area contributed by atoms with Gasteiger partial charge in [-0.05, 0) is 12.8 Å². The molecule has 1 saturated carbocycles. The summed E-state index contributed by atoms with van der Waals surface area (Å²) >= 11 is 0. The number of carbonyl (C=O) groups is 1. The highest BCUT2D eigenvalue weighted by Crippen LogP contribution is 2.41. The van der Waals surface area contributed by atoms with E-state index in [4.69, 9.17) is 0 Å². The number of halogens is 6. The first-order valence-corrected chi connectivity index (χ1v) is 8.46. The van der Waals surface area contributed by atoms with Gasteiger partial charge in [-0.3, -0.25) is 9.69 Å². The molecule has 25 heavy (non-hydrogen) atoms. The van der Waals surface area contributed by atoms with Gasteiger partial charge in [0.25, 0.3) is 0 Å². The van der Waals surface area contributed by atoms with Gasteiger partial charge in [0.1, 0.15) is 6.04 Å². The first-order valence-electron chi connectivity index (χ1n) is 8.46. The van der Waals surface area contributed by atoms with Crippen molar-refractivity contribution in [1.82, 2.24) is 15.5 Å². The van der Waals surface area contributed by atoms with Crippen molar-refractivity contribution in [1.29, 1.82) is 0 Å². The zero-order valence-electron chi connectivity index (χ0n) is 13.7. The average Bonchev–Trinajstić information content (AvgIpc) is 2.54. The van der Waals surface area contributed by atoms with E-state index < -0.39 is 42.7 Å². The third-order valence-electron chi connectivity index (χ3n) is 4.96. The third kappa shape index (κ3) is 5.47. The first-order chi connectivity index (χ1) is 11.6. The third-order valence-corrected chi connectivity index (χ3v) is 4.96. The molecule has 0 aromatic heterocycles. The Morgan fingerprint density at radius 3 is 2.24 bits per heavy atom. The van der Waals surface area contributed by atoms with E-state index in [-0.39, 0.29) is 25.9 Å². The van der Waals surface area contributed by atoms with E-state index in [1.165, 1.54) is 4.90 Å². The van der Waals surface area contributed by atoms with Crippen molar-refractivity contribution >= 4 is 5.91 Å². The van der Waals surface area contributed by atoms with Crippen molar-refractivity contribution in [2.45, 2.75) is 44.1 Å². The molecule has 0 bridgehead atoms. The molecule has 146 valence electrons. The second-order valence-corrected chi connectivity index (χ2v) is 6.63. The standard InChI is InChI=1S/C15H23F6N3O/c16-14(17,18)11-4-2-1-3-10(11)13(25)23-9-12(15(19,20)21)24-7-5-22-6-8-24/h10-12,22H,1-9H2,(H,23,25). The molecule has 3 unspecified atom stereocenters. The summed E-state index contributed by atoms with van der Waals surface area (Å²) in [5.74, 6) is -4.00. The average molecular weight is 375 g/mol. The maximum absolute atomic E-state index is 13.3. The molecule has 2 fully saturated rings. The Morgan fingerprint density at radius 2 is 1.68 bits per heavy atom. The predicted molar refractivity (Wildman–Crippen MR) is 78.8 cm³/mol. The lowest BCUT2D eigenvalue weighted by Gasteiger charge is -2.37. The van der Waals surface area contributed by atoms with Gasteiger partial charge in [-0.2, -0.15) is 26.3 Å². The Hall–Kier alpha value is -1.03. The summed E-state index contributed by atoms with van der Waals surface area (Å²) in [6.07, 6.45) is -8.31. The smallest absolute Gasteiger partial charge is 0.354 e. The van der Waals surface area contributed by atoms with Crippen LogP contribution in [0.5, 0.6) is 0 Å². The van der Waals surface area contributed by atoms with Crippen molar-refractivity contribution in [2.75, 3.05) is 32.7 Å². The number of carbonyl (C=O) groups excluding carboxylic acids is 1. The highest BCUT2D eigenvalue weighted by molar-refractivity contribution is 5.79. The predicted octanol–water partition coefficient (Wildman–Crippen LogP) is 2.31. The van der Waals surface area contributed by atoms with Crippen LogP contribution in [0.15, 0.2) is 0 Å². The fraction of sp³-hybridized carbons (Fsp3) is 0.933. The number of nitrogens with zero attached hydrogens (tertiary/aromatic N) is 1. The van der Waals surface area contributed by atoms with E-state index in [0.717, 1.165) is 0 Å². The molecule has 1 amide bonds. The van der Waals surface area contributed by atoms with E-state index in [0.29, 0.717) is 25.9 Å². The molecule has 2 N–H and O–H groups in total. The van der Waals surface area contributed by atoms with Gasteiger partial charge < -0.3 is 10.6 Å². The van der Waals surface area contributed by atoms with Crippen LogP contribution in [0.2, 0.25) is 0 Å². The molecule has 0 radical (unpaired) electrons. The zero-order valence-corrected chi connectivity index (χ0v) is 13.7. The summed E-state index contributed by atoms with van der Waals surface area (Å²) in [6, 6.07) is -1.88. The molecule has 2 aliphatic rings. The Morgan fingerprint density at radius 1 is 1.08 bits per heavy atom. The lowest BCUT2D eigenvalue weighted by molar-refractivity contribution is -0.199. The number of alkyl halides is 6. The molecule has 0 aromatic rings. The number of nitrogens with one attached hydrogen (secondary N) is 2. The molecule has 3 atom stereocenters. The van der Waals surface area contributed by atoms with E-state index in [1.54, 1.807) is 0 Å². The van der Waals surface area contributed by atoms with Gasteiger partial charge in [0.2, 0.25) is 5.91 Å². The highest BCUT2D eigenvalue weighted by atomic mass is 19.4. The van der Waals surface area contributed by atoms with Gasteiger partial charge in [0, 0.05) is 38.6 Å². The number of rotatable bonds is 4. The molecular weight excluding hydrogens is 352 g/mol. The molecule has 1 heterocycles. The van der Waals surface area contributed by atoms with E-state index in [2.05, 4.69) is 10.6 Å². The molecule has 1 aliphatic heterocycles. The minimum absolute atomic E-state index is 0.0559. The topological polar surface area (TPSA) is 44.4 Å². The number of hydrogen-bond donors (Lipinski definition) is 2. The second kappa shape index (κ2) is 8.11. The summed E-state index contributed by atoms with van der Waals surface area (Å²) < 4.78 is 79.0. The molecular formula is C15H23F6N3O. The highest BCUT2D eigenvalue weighted by Gasteiger charge is 2.49. The van der Waals surface area contributed by atoms with Crippen LogP contribution in [-0.2, 0) is 4.79 Å². The first kappa shape index (κ1) is 20.3. The summed E-state index contributed by atoms with van der Waals surface area (Å²) in [5.41, 5.74) is 0. The van der Waals surface area contributed by atoms with Crippen molar-refractivity contribution in [3.05, 3.63) is 0 Å². The number of piperazine rings is 1. The van der Waals surface area contributed by atoms with Crippen LogP contribution in [0.25, 0.3) is 0 Å². The van der Waals surface area contributed by atoms with Gasteiger partial charge >= 0.3 is 12.4 Å². The maximum atomic E-state index is 13.3. The Kier molecular flexibility index (Phi) is 6.58. The van der Waals surface area contributed by atoms with Crippen molar-refractivity contribution in [2.24, 2.45) is 11.8 Å². The fourth-order valence-corrected chi connectivity index (χ4v) is 3.61. The SMILES string of the molecule is O=C(NCC(N1CCNCC1)C(F)(F)F)C1CCCCC1C(F)(F)F. The fourth-order valence-electron chi connectivity index (χ4n) is 3.61. The van der Waals surface area contributed by atoms with E-state index >= 15 is 0 Å². The van der Waals surface area contributed by atoms with Crippen LogP contribution in [0.3, 0.4) is 0 Å². The maximum Gasteiger partial charge on any atom is 0.405 e. The second-order valence-electron chi connectivity index (χ2n) is 6.63. The summed E-state index contributed by atoms with van der Waals surface area (Å²) in [6.45, 7) is 0.436. The molecule has 0 spiro atoms. The lowest BCUT2D eigenvalue weighted by Crippen LogP contribution is -2.58. The normalized spacial score (nSPS) is 27.8. The zero-order chi connectivity index (χ0) is 18.7. The van der Waals surface area contributed by atoms with Gasteiger partial charge in [0.15, 0.2) is 0 Å².